The molecule has 1 aliphatic rings. The van der Waals surface area contributed by atoms with E-state index >= 15 is 0 Å². The van der Waals surface area contributed by atoms with Crippen LogP contribution >= 0.6 is 0 Å². The van der Waals surface area contributed by atoms with Crippen molar-refractivity contribution in [1.82, 2.24) is 0 Å². The summed E-state index contributed by atoms with van der Waals surface area (Å²) in [7, 11) is 0. The van der Waals surface area contributed by atoms with Crippen LogP contribution in [0.2, 0.25) is 0 Å². The number of fused-ring (bicyclic) bond motifs is 1. The van der Waals surface area contributed by atoms with Gasteiger partial charge < -0.3 is 9.84 Å². The monoisotopic (exact) mass is 263 g/mol. The Balaban J connectivity index is 2.36. The summed E-state index contributed by atoms with van der Waals surface area (Å²) in [6, 6.07) is 5.34. The fourth-order valence-electron chi connectivity index (χ4n) is 2.35. The molecule has 0 spiro atoms. The van der Waals surface area contributed by atoms with Crippen molar-refractivity contribution in [3.8, 4) is 5.75 Å². The Bertz CT molecular complexity index is 491. The van der Waals surface area contributed by atoms with Gasteiger partial charge in [0.05, 0.1) is 5.69 Å². The van der Waals surface area contributed by atoms with Crippen LogP contribution in [0.5, 0.6) is 5.75 Å². The Kier molecular flexibility index (Phi) is 3.43. The molecule has 0 bridgehead atoms. The normalized spacial score (nSPS) is 18.9. The number of nitrogens with zero attached hydrogens (tertiary/aromatic N) is 1. The molecule has 1 unspecified atom stereocenters. The summed E-state index contributed by atoms with van der Waals surface area (Å²) in [5, 5.41) is 9.90. The molecule has 104 valence electrons. The van der Waals surface area contributed by atoms with E-state index in [2.05, 4.69) is 0 Å². The maximum absolute atomic E-state index is 12.3. The van der Waals surface area contributed by atoms with Crippen LogP contribution in [0.15, 0.2) is 18.2 Å². The topological polar surface area (TPSA) is 49.8 Å². The predicted molar refractivity (Wildman–Crippen MR) is 74.6 cm³/mol. The van der Waals surface area contributed by atoms with Crippen molar-refractivity contribution in [2.24, 2.45) is 0 Å². The summed E-state index contributed by atoms with van der Waals surface area (Å²) in [4.78, 5) is 14.0. The molecule has 0 aromatic heterocycles. The van der Waals surface area contributed by atoms with Crippen LogP contribution in [-0.4, -0.2) is 22.8 Å². The van der Waals surface area contributed by atoms with E-state index in [-0.39, 0.29) is 17.9 Å². The van der Waals surface area contributed by atoms with Gasteiger partial charge in [0.2, 0.25) is 0 Å². The van der Waals surface area contributed by atoms with E-state index in [0.717, 1.165) is 24.1 Å². The van der Waals surface area contributed by atoms with Crippen molar-refractivity contribution in [3.05, 3.63) is 23.8 Å². The van der Waals surface area contributed by atoms with Crippen molar-refractivity contribution >= 4 is 11.8 Å². The molecule has 1 N–H and O–H groups in total. The minimum Gasteiger partial charge on any atom is -0.508 e. The van der Waals surface area contributed by atoms with Crippen LogP contribution in [0.4, 0.5) is 10.5 Å². The molecule has 1 heterocycles. The summed E-state index contributed by atoms with van der Waals surface area (Å²) in [6.45, 7) is 7.55. The largest absolute Gasteiger partial charge is 0.508 e. The van der Waals surface area contributed by atoms with Gasteiger partial charge in [-0.3, -0.25) is 4.90 Å². The molecular formula is C15H21NO3. The third-order valence-corrected chi connectivity index (χ3v) is 3.23. The van der Waals surface area contributed by atoms with Crippen LogP contribution in [0.1, 0.15) is 39.7 Å². The third kappa shape index (κ3) is 2.83. The number of carbonyl (C=O) groups is 1. The lowest BCUT2D eigenvalue weighted by Gasteiger charge is -2.36. The first-order chi connectivity index (χ1) is 8.79. The highest BCUT2D eigenvalue weighted by atomic mass is 16.6. The molecule has 0 saturated heterocycles. The lowest BCUT2D eigenvalue weighted by molar-refractivity contribution is 0.0563. The quantitative estimate of drug-likeness (QED) is 0.779. The molecule has 1 aromatic rings. The van der Waals surface area contributed by atoms with Crippen molar-refractivity contribution in [2.75, 3.05) is 4.90 Å². The fraction of sp³-hybridized carbons (Fsp3) is 0.533. The Morgan fingerprint density at radius 1 is 1.42 bits per heavy atom. The second kappa shape index (κ2) is 4.76. The van der Waals surface area contributed by atoms with Crippen LogP contribution in [-0.2, 0) is 11.2 Å². The Hall–Kier alpha value is -1.71. The second-order valence-electron chi connectivity index (χ2n) is 6.01. The Morgan fingerprint density at radius 2 is 2.11 bits per heavy atom. The van der Waals surface area contributed by atoms with Gasteiger partial charge in [0.15, 0.2) is 0 Å². The highest BCUT2D eigenvalue weighted by Crippen LogP contribution is 2.36. The average molecular weight is 263 g/mol. The van der Waals surface area contributed by atoms with E-state index in [1.165, 1.54) is 0 Å². The van der Waals surface area contributed by atoms with Crippen LogP contribution in [0, 0.1) is 0 Å². The minimum absolute atomic E-state index is 0.0733. The van der Waals surface area contributed by atoms with Gasteiger partial charge in [-0.05, 0) is 52.7 Å². The number of amides is 1. The molecule has 19 heavy (non-hydrogen) atoms. The summed E-state index contributed by atoms with van der Waals surface area (Å²) in [5.41, 5.74) is 1.06. The van der Waals surface area contributed by atoms with E-state index in [1.807, 2.05) is 33.8 Å². The van der Waals surface area contributed by atoms with E-state index < -0.39 is 5.60 Å². The van der Waals surface area contributed by atoms with Gasteiger partial charge in [-0.2, -0.15) is 0 Å². The maximum Gasteiger partial charge on any atom is 0.415 e. The standard InChI is InChI=1S/C15H21NO3/c1-10-8-9-11-12(6-5-7-13(11)17)16(10)14(18)19-15(2,3)4/h5-7,10,17H,8-9H2,1-4H3. The number of ether oxygens (including phenoxy) is 1. The van der Waals surface area contributed by atoms with E-state index in [0.29, 0.717) is 0 Å². The summed E-state index contributed by atoms with van der Waals surface area (Å²) in [6.07, 6.45) is 1.25. The maximum atomic E-state index is 12.3. The molecule has 0 radical (unpaired) electrons. The average Bonchev–Trinajstić information content (AvgIpc) is 2.26. The first kappa shape index (κ1) is 13.7. The molecule has 1 aliphatic heterocycles. The van der Waals surface area contributed by atoms with E-state index in [1.54, 1.807) is 17.0 Å². The first-order valence-electron chi connectivity index (χ1n) is 6.62. The van der Waals surface area contributed by atoms with Crippen molar-refractivity contribution in [3.63, 3.8) is 0 Å². The molecule has 4 heteroatoms. The highest BCUT2D eigenvalue weighted by Gasteiger charge is 2.32. The zero-order chi connectivity index (χ0) is 14.2. The molecule has 1 atom stereocenters. The van der Waals surface area contributed by atoms with Crippen molar-refractivity contribution in [2.45, 2.75) is 52.2 Å². The predicted octanol–water partition coefficient (Wildman–Crippen LogP) is 3.47. The van der Waals surface area contributed by atoms with Gasteiger partial charge in [-0.15, -0.1) is 0 Å². The number of anilines is 1. The molecule has 1 aromatic carbocycles. The first-order valence-corrected chi connectivity index (χ1v) is 6.62. The smallest absolute Gasteiger partial charge is 0.415 e. The fourth-order valence-corrected chi connectivity index (χ4v) is 2.35. The van der Waals surface area contributed by atoms with Gasteiger partial charge in [-0.25, -0.2) is 4.79 Å². The number of phenolic OH excluding ortho intramolecular Hbond substituents is 1. The number of benzene rings is 1. The van der Waals surface area contributed by atoms with Crippen molar-refractivity contribution < 1.29 is 14.6 Å². The minimum atomic E-state index is -0.523. The lowest BCUT2D eigenvalue weighted by Crippen LogP contribution is -2.44. The number of phenols is 1. The summed E-state index contributed by atoms with van der Waals surface area (Å²) < 4.78 is 5.45. The van der Waals surface area contributed by atoms with Gasteiger partial charge >= 0.3 is 6.09 Å². The molecule has 2 rings (SSSR count). The van der Waals surface area contributed by atoms with Gasteiger partial charge in [0.25, 0.3) is 0 Å². The van der Waals surface area contributed by atoms with Crippen molar-refractivity contribution in [1.29, 1.82) is 0 Å². The van der Waals surface area contributed by atoms with E-state index in [9.17, 15) is 9.90 Å². The van der Waals surface area contributed by atoms with Crippen LogP contribution in [0.25, 0.3) is 0 Å². The third-order valence-electron chi connectivity index (χ3n) is 3.23. The summed E-state index contributed by atoms with van der Waals surface area (Å²) in [5.74, 6) is 0.248. The van der Waals surface area contributed by atoms with Gasteiger partial charge in [0.1, 0.15) is 11.4 Å². The molecular weight excluding hydrogens is 242 g/mol. The number of carbonyl (C=O) groups excluding carboxylic acids is 1. The second-order valence-corrected chi connectivity index (χ2v) is 6.01. The molecule has 4 nitrogen and oxygen atoms in total. The zero-order valence-corrected chi connectivity index (χ0v) is 11.9. The van der Waals surface area contributed by atoms with Gasteiger partial charge in [0, 0.05) is 11.6 Å². The SMILES string of the molecule is CC1CCc2c(O)cccc2N1C(=O)OC(C)(C)C. The molecule has 0 saturated carbocycles. The zero-order valence-electron chi connectivity index (χ0n) is 11.9. The van der Waals surface area contributed by atoms with Gasteiger partial charge in [-0.1, -0.05) is 6.07 Å². The number of hydrogen-bond acceptors (Lipinski definition) is 3. The molecule has 1 amide bonds. The highest BCUT2D eigenvalue weighted by molar-refractivity contribution is 5.90. The molecule has 0 fully saturated rings. The summed E-state index contributed by atoms with van der Waals surface area (Å²) >= 11 is 0. The lowest BCUT2D eigenvalue weighted by atomic mass is 9.96. The molecule has 0 aliphatic carbocycles. The van der Waals surface area contributed by atoms with E-state index in [4.69, 9.17) is 4.74 Å². The number of hydrogen-bond donors (Lipinski definition) is 1. The Morgan fingerprint density at radius 3 is 2.74 bits per heavy atom. The number of aromatic hydroxyl groups is 1. The number of rotatable bonds is 0. The van der Waals surface area contributed by atoms with Crippen LogP contribution < -0.4 is 4.90 Å². The Labute approximate surface area is 114 Å². The van der Waals surface area contributed by atoms with Crippen LogP contribution in [0.3, 0.4) is 0 Å².